The fourth-order valence-electron chi connectivity index (χ4n) is 3.51. The van der Waals surface area contributed by atoms with Gasteiger partial charge in [-0.3, -0.25) is 29.2 Å². The average molecular weight is 487 g/mol. The van der Waals surface area contributed by atoms with E-state index < -0.39 is 22.0 Å². The number of nitrogens with one attached hydrogen (secondary N) is 2. The summed E-state index contributed by atoms with van der Waals surface area (Å²) in [6.45, 7) is 1.68. The van der Waals surface area contributed by atoms with Crippen molar-refractivity contribution in [2.24, 2.45) is 0 Å². The number of benzene rings is 2. The molecule has 12 nitrogen and oxygen atoms in total. The molecule has 2 aromatic carbocycles. The first-order chi connectivity index (χ1) is 17.3. The first kappa shape index (κ1) is 24.0. The van der Waals surface area contributed by atoms with Gasteiger partial charge in [0.1, 0.15) is 12.2 Å². The topological polar surface area (TPSA) is 154 Å². The normalized spacial score (nSPS) is 10.6. The molecule has 0 bridgehead atoms. The predicted molar refractivity (Wildman–Crippen MR) is 130 cm³/mol. The number of aromatic nitrogens is 4. The number of para-hydroxylation sites is 2. The quantitative estimate of drug-likeness (QED) is 0.285. The molecule has 4 aromatic rings. The minimum absolute atomic E-state index is 0.0545. The number of hydrogen-bond acceptors (Lipinski definition) is 7. The number of carbonyl (C=O) groups is 2. The molecule has 2 N–H and O–H groups in total. The highest BCUT2D eigenvalue weighted by Crippen LogP contribution is 2.22. The molecule has 0 radical (unpaired) electrons. The summed E-state index contributed by atoms with van der Waals surface area (Å²) in [6.07, 6.45) is 3.25. The number of aryl methyl sites for hydroxylation is 1. The van der Waals surface area contributed by atoms with Gasteiger partial charge >= 0.3 is 0 Å². The fourth-order valence-corrected chi connectivity index (χ4v) is 3.51. The summed E-state index contributed by atoms with van der Waals surface area (Å²) in [5.41, 5.74) is 0.450. The SMILES string of the molecule is Cc1cc(=O)c(C(=O)NCc2cccc(NC(=O)Cn3cccn3)c2)nn1-c1ccccc1[N+](=O)[O-]. The number of amides is 2. The summed E-state index contributed by atoms with van der Waals surface area (Å²) in [5, 5.41) is 24.9. The van der Waals surface area contributed by atoms with Crippen LogP contribution in [-0.4, -0.2) is 36.3 Å². The summed E-state index contributed by atoms with van der Waals surface area (Å²) in [4.78, 5) is 48.3. The molecule has 0 unspecified atom stereocenters. The zero-order valence-corrected chi connectivity index (χ0v) is 19.1. The van der Waals surface area contributed by atoms with Crippen LogP contribution < -0.4 is 16.1 Å². The number of nitrogens with zero attached hydrogens (tertiary/aromatic N) is 5. The summed E-state index contributed by atoms with van der Waals surface area (Å²) in [7, 11) is 0. The molecule has 0 saturated carbocycles. The second-order valence-electron chi connectivity index (χ2n) is 7.79. The zero-order valence-electron chi connectivity index (χ0n) is 19.1. The number of nitro groups is 1. The summed E-state index contributed by atoms with van der Waals surface area (Å²) in [5.74, 6) is -1.00. The van der Waals surface area contributed by atoms with E-state index in [4.69, 9.17) is 0 Å². The second kappa shape index (κ2) is 10.4. The molecular formula is C24H21N7O5. The Morgan fingerprint density at radius 3 is 2.64 bits per heavy atom. The smallest absolute Gasteiger partial charge is 0.294 e. The van der Waals surface area contributed by atoms with Gasteiger partial charge in [0.15, 0.2) is 5.69 Å². The predicted octanol–water partition coefficient (Wildman–Crippen LogP) is 2.21. The Morgan fingerprint density at radius 1 is 1.08 bits per heavy atom. The Kier molecular flexibility index (Phi) is 6.95. The van der Waals surface area contributed by atoms with Crippen molar-refractivity contribution < 1.29 is 14.5 Å². The van der Waals surface area contributed by atoms with Crippen LogP contribution in [0.25, 0.3) is 5.69 Å². The number of rotatable bonds is 8. The molecular weight excluding hydrogens is 466 g/mol. The van der Waals surface area contributed by atoms with E-state index >= 15 is 0 Å². The highest BCUT2D eigenvalue weighted by atomic mass is 16.6. The highest BCUT2D eigenvalue weighted by Gasteiger charge is 2.20. The average Bonchev–Trinajstić information content (AvgIpc) is 3.35. The Morgan fingerprint density at radius 2 is 1.89 bits per heavy atom. The lowest BCUT2D eigenvalue weighted by Crippen LogP contribution is -2.31. The van der Waals surface area contributed by atoms with Crippen LogP contribution >= 0.6 is 0 Å². The van der Waals surface area contributed by atoms with Crippen molar-refractivity contribution in [2.45, 2.75) is 20.0 Å². The van der Waals surface area contributed by atoms with Crippen LogP contribution in [0, 0.1) is 17.0 Å². The van der Waals surface area contributed by atoms with Crippen LogP contribution in [0.15, 0.2) is 77.9 Å². The molecule has 0 aliphatic rings. The van der Waals surface area contributed by atoms with Gasteiger partial charge in [0.25, 0.3) is 11.6 Å². The van der Waals surface area contributed by atoms with Crippen molar-refractivity contribution in [3.8, 4) is 5.69 Å². The van der Waals surface area contributed by atoms with Crippen molar-refractivity contribution in [1.82, 2.24) is 24.9 Å². The molecule has 0 saturated heterocycles. The first-order valence-electron chi connectivity index (χ1n) is 10.8. The minimum atomic E-state index is -0.736. The van der Waals surface area contributed by atoms with E-state index in [1.54, 1.807) is 55.7 Å². The molecule has 2 amide bonds. The van der Waals surface area contributed by atoms with Crippen LogP contribution in [0.3, 0.4) is 0 Å². The highest BCUT2D eigenvalue weighted by molar-refractivity contribution is 5.92. The van der Waals surface area contributed by atoms with E-state index in [1.165, 1.54) is 33.6 Å². The van der Waals surface area contributed by atoms with E-state index in [9.17, 15) is 24.5 Å². The van der Waals surface area contributed by atoms with Crippen molar-refractivity contribution in [2.75, 3.05) is 5.32 Å². The monoisotopic (exact) mass is 487 g/mol. The second-order valence-corrected chi connectivity index (χ2v) is 7.79. The first-order valence-corrected chi connectivity index (χ1v) is 10.8. The Hall–Kier alpha value is -5.13. The summed E-state index contributed by atoms with van der Waals surface area (Å²) in [6, 6.07) is 15.7. The van der Waals surface area contributed by atoms with Crippen LogP contribution in [0.5, 0.6) is 0 Å². The van der Waals surface area contributed by atoms with Crippen LogP contribution in [0.2, 0.25) is 0 Å². The van der Waals surface area contributed by atoms with Crippen LogP contribution in [-0.2, 0) is 17.9 Å². The number of nitro benzene ring substituents is 1. The zero-order chi connectivity index (χ0) is 25.7. The Bertz CT molecular complexity index is 1490. The molecule has 182 valence electrons. The van der Waals surface area contributed by atoms with Crippen LogP contribution in [0.1, 0.15) is 21.7 Å². The molecule has 36 heavy (non-hydrogen) atoms. The molecule has 0 atom stereocenters. The molecule has 0 spiro atoms. The van der Waals surface area contributed by atoms with Crippen LogP contribution in [0.4, 0.5) is 11.4 Å². The van der Waals surface area contributed by atoms with Gasteiger partial charge in [-0.15, -0.1) is 0 Å². The van der Waals surface area contributed by atoms with E-state index in [-0.39, 0.29) is 30.4 Å². The molecule has 2 aromatic heterocycles. The van der Waals surface area contributed by atoms with Crippen molar-refractivity contribution in [3.63, 3.8) is 0 Å². The molecule has 2 heterocycles. The van der Waals surface area contributed by atoms with Gasteiger partial charge in [-0.2, -0.15) is 10.2 Å². The molecule has 0 aliphatic heterocycles. The third-order valence-electron chi connectivity index (χ3n) is 5.16. The van der Waals surface area contributed by atoms with Gasteiger partial charge in [-0.05, 0) is 36.8 Å². The van der Waals surface area contributed by atoms with Gasteiger partial charge in [-0.25, -0.2) is 4.68 Å². The van der Waals surface area contributed by atoms with E-state index in [0.29, 0.717) is 16.9 Å². The Balaban J connectivity index is 1.48. The van der Waals surface area contributed by atoms with Gasteiger partial charge in [-0.1, -0.05) is 24.3 Å². The third kappa shape index (κ3) is 5.50. The van der Waals surface area contributed by atoms with E-state index in [1.807, 2.05) is 0 Å². The number of hydrogen-bond donors (Lipinski definition) is 2. The maximum absolute atomic E-state index is 12.8. The van der Waals surface area contributed by atoms with Gasteiger partial charge < -0.3 is 10.6 Å². The van der Waals surface area contributed by atoms with Crippen molar-refractivity contribution in [3.05, 3.63) is 110 Å². The maximum atomic E-state index is 12.8. The number of carbonyl (C=O) groups excluding carboxylic acids is 2. The molecule has 0 fully saturated rings. The largest absolute Gasteiger partial charge is 0.346 e. The maximum Gasteiger partial charge on any atom is 0.294 e. The van der Waals surface area contributed by atoms with E-state index in [0.717, 1.165) is 0 Å². The Labute approximate surface area is 204 Å². The molecule has 12 heteroatoms. The standard InChI is InChI=1S/C24H21N7O5/c1-16-12-21(32)23(28-30(16)19-8-2-3-9-20(19)31(35)36)24(34)25-14-17-6-4-7-18(13-17)27-22(33)15-29-11-5-10-26-29/h2-13H,14-15H2,1H3,(H,25,34)(H,27,33). The minimum Gasteiger partial charge on any atom is -0.346 e. The lowest BCUT2D eigenvalue weighted by Gasteiger charge is -2.12. The van der Waals surface area contributed by atoms with Gasteiger partial charge in [0, 0.05) is 42.5 Å². The fraction of sp³-hybridized carbons (Fsp3) is 0.125. The molecule has 4 rings (SSSR count). The van der Waals surface area contributed by atoms with Crippen molar-refractivity contribution in [1.29, 1.82) is 0 Å². The summed E-state index contributed by atoms with van der Waals surface area (Å²) >= 11 is 0. The lowest BCUT2D eigenvalue weighted by molar-refractivity contribution is -0.384. The van der Waals surface area contributed by atoms with E-state index in [2.05, 4.69) is 20.8 Å². The molecule has 0 aliphatic carbocycles. The summed E-state index contributed by atoms with van der Waals surface area (Å²) < 4.78 is 2.69. The van der Waals surface area contributed by atoms with Gasteiger partial charge in [0.2, 0.25) is 11.3 Å². The third-order valence-corrected chi connectivity index (χ3v) is 5.16. The number of anilines is 1. The van der Waals surface area contributed by atoms with Gasteiger partial charge in [0.05, 0.1) is 4.92 Å². The lowest BCUT2D eigenvalue weighted by atomic mass is 10.2. The van der Waals surface area contributed by atoms with Crippen molar-refractivity contribution >= 4 is 23.2 Å².